The van der Waals surface area contributed by atoms with Crippen LogP contribution < -0.4 is 9.50 Å². The molecule has 1 atom stereocenters. The highest BCUT2D eigenvalue weighted by Crippen LogP contribution is 2.37. The van der Waals surface area contributed by atoms with Gasteiger partial charge in [-0.25, -0.2) is 4.79 Å². The summed E-state index contributed by atoms with van der Waals surface area (Å²) in [6.07, 6.45) is -0.693. The van der Waals surface area contributed by atoms with Crippen LogP contribution in [0.2, 0.25) is 18.1 Å². The van der Waals surface area contributed by atoms with E-state index in [0.29, 0.717) is 5.56 Å². The summed E-state index contributed by atoms with van der Waals surface area (Å²) >= 11 is 0. The molecule has 0 aliphatic heterocycles. The SMILES string of the molecule is CC(C)(C)OC(=O)NC(CO[Si](C)(C)C(C)(C)C)c1ccc(OS(=O)(=O)C(F)(F)F)cc1. The Kier molecular flexibility index (Phi) is 8.47. The Morgan fingerprint density at radius 1 is 1.03 bits per heavy atom. The Balaban J connectivity index is 3.12. The Morgan fingerprint density at radius 3 is 1.94 bits per heavy atom. The van der Waals surface area contributed by atoms with E-state index >= 15 is 0 Å². The van der Waals surface area contributed by atoms with Crippen LogP contribution in [0.15, 0.2) is 24.3 Å². The summed E-state index contributed by atoms with van der Waals surface area (Å²) in [6, 6.07) is 4.19. The number of alkyl halides is 3. The van der Waals surface area contributed by atoms with Crippen LogP contribution in [0.1, 0.15) is 53.1 Å². The summed E-state index contributed by atoms with van der Waals surface area (Å²) < 4.78 is 75.6. The summed E-state index contributed by atoms with van der Waals surface area (Å²) in [5, 5.41) is 2.61. The predicted molar refractivity (Wildman–Crippen MR) is 117 cm³/mol. The molecule has 184 valence electrons. The van der Waals surface area contributed by atoms with Crippen molar-refractivity contribution in [1.29, 1.82) is 0 Å². The Morgan fingerprint density at radius 2 is 1.53 bits per heavy atom. The minimum atomic E-state index is -5.78. The molecular weight excluding hydrogens is 467 g/mol. The number of ether oxygens (including phenoxy) is 1. The zero-order chi connectivity index (χ0) is 25.2. The van der Waals surface area contributed by atoms with Crippen LogP contribution in [0.4, 0.5) is 18.0 Å². The maximum Gasteiger partial charge on any atom is 0.534 e. The van der Waals surface area contributed by atoms with Gasteiger partial charge in [-0.2, -0.15) is 21.6 Å². The maximum atomic E-state index is 12.5. The highest BCUT2D eigenvalue weighted by atomic mass is 32.2. The first-order valence-corrected chi connectivity index (χ1v) is 14.2. The molecule has 0 bridgehead atoms. The molecule has 0 aromatic heterocycles. The van der Waals surface area contributed by atoms with Crippen molar-refractivity contribution in [2.75, 3.05) is 6.61 Å². The smallest absolute Gasteiger partial charge is 0.444 e. The number of rotatable bonds is 7. The van der Waals surface area contributed by atoms with E-state index in [-0.39, 0.29) is 11.6 Å². The lowest BCUT2D eigenvalue weighted by molar-refractivity contribution is -0.0500. The average molecular weight is 500 g/mol. The molecular formula is C20H32F3NO6SSi. The first-order valence-electron chi connectivity index (χ1n) is 9.89. The van der Waals surface area contributed by atoms with Crippen molar-refractivity contribution < 1.29 is 39.7 Å². The summed E-state index contributed by atoms with van der Waals surface area (Å²) in [4.78, 5) is 12.3. The maximum absolute atomic E-state index is 12.5. The molecule has 7 nitrogen and oxygen atoms in total. The third kappa shape index (κ3) is 8.28. The van der Waals surface area contributed by atoms with Crippen molar-refractivity contribution in [3.05, 3.63) is 29.8 Å². The van der Waals surface area contributed by atoms with Gasteiger partial charge in [-0.05, 0) is 56.6 Å². The lowest BCUT2D eigenvalue weighted by atomic mass is 10.1. The van der Waals surface area contributed by atoms with Crippen molar-refractivity contribution in [3.8, 4) is 5.75 Å². The number of hydrogen-bond acceptors (Lipinski definition) is 6. The molecule has 1 aromatic carbocycles. The van der Waals surface area contributed by atoms with Crippen LogP contribution in [0, 0.1) is 0 Å². The van der Waals surface area contributed by atoms with Gasteiger partial charge in [0.2, 0.25) is 0 Å². The Bertz CT molecular complexity index is 888. The van der Waals surface area contributed by atoms with Gasteiger partial charge in [0.15, 0.2) is 8.32 Å². The van der Waals surface area contributed by atoms with Gasteiger partial charge >= 0.3 is 21.7 Å². The number of benzene rings is 1. The van der Waals surface area contributed by atoms with E-state index in [0.717, 1.165) is 12.1 Å². The molecule has 0 saturated heterocycles. The van der Waals surface area contributed by atoms with Gasteiger partial charge in [0, 0.05) is 0 Å². The molecule has 1 N–H and O–H groups in total. The molecule has 32 heavy (non-hydrogen) atoms. The van der Waals surface area contributed by atoms with Crippen LogP contribution >= 0.6 is 0 Å². The normalized spacial score (nSPS) is 14.6. The minimum Gasteiger partial charge on any atom is -0.444 e. The van der Waals surface area contributed by atoms with Gasteiger partial charge in [0.25, 0.3) is 0 Å². The molecule has 0 fully saturated rings. The highest BCUT2D eigenvalue weighted by Gasteiger charge is 2.48. The number of alkyl carbamates (subject to hydrolysis) is 1. The van der Waals surface area contributed by atoms with E-state index in [4.69, 9.17) is 9.16 Å². The van der Waals surface area contributed by atoms with Crippen LogP contribution in [0.3, 0.4) is 0 Å². The zero-order valence-corrected chi connectivity index (χ0v) is 21.4. The van der Waals surface area contributed by atoms with E-state index in [1.54, 1.807) is 20.8 Å². The molecule has 0 spiro atoms. The largest absolute Gasteiger partial charge is 0.534 e. The molecule has 0 heterocycles. The second-order valence-electron chi connectivity index (χ2n) is 9.82. The third-order valence-electron chi connectivity index (χ3n) is 4.88. The second-order valence-corrected chi connectivity index (χ2v) is 16.2. The fraction of sp³-hybridized carbons (Fsp3) is 0.650. The van der Waals surface area contributed by atoms with Crippen molar-refractivity contribution in [2.24, 2.45) is 0 Å². The second kappa shape index (κ2) is 9.60. The number of amides is 1. The molecule has 12 heteroatoms. The first kappa shape index (κ1) is 28.2. The molecule has 1 amide bonds. The molecule has 1 rings (SSSR count). The molecule has 0 radical (unpaired) electrons. The number of hydrogen-bond donors (Lipinski definition) is 1. The zero-order valence-electron chi connectivity index (χ0n) is 19.6. The van der Waals surface area contributed by atoms with Crippen LogP contribution in [0.5, 0.6) is 5.75 Å². The topological polar surface area (TPSA) is 90.9 Å². The molecule has 0 saturated carbocycles. The number of carbonyl (C=O) groups excluding carboxylic acids is 1. The number of halogens is 3. The summed E-state index contributed by atoms with van der Waals surface area (Å²) in [5.41, 5.74) is -5.80. The van der Waals surface area contributed by atoms with Gasteiger partial charge in [0.05, 0.1) is 12.6 Å². The Labute approximate surface area is 188 Å². The predicted octanol–water partition coefficient (Wildman–Crippen LogP) is 5.50. The fourth-order valence-electron chi connectivity index (χ4n) is 2.11. The van der Waals surface area contributed by atoms with Gasteiger partial charge in [-0.15, -0.1) is 0 Å². The molecule has 0 aliphatic carbocycles. The molecule has 0 aliphatic rings. The minimum absolute atomic E-state index is 0.0902. The van der Waals surface area contributed by atoms with Crippen molar-refractivity contribution >= 4 is 24.5 Å². The van der Waals surface area contributed by atoms with Gasteiger partial charge < -0.3 is 18.7 Å². The molecule has 1 aromatic rings. The van der Waals surface area contributed by atoms with Crippen LogP contribution in [-0.4, -0.2) is 40.5 Å². The number of nitrogens with one attached hydrogen (secondary N) is 1. The standard InChI is InChI=1S/C20H32F3NO6SSi/c1-18(2,3)29-17(25)24-16(13-28-32(7,8)19(4,5)6)14-9-11-15(12-10-14)30-31(26,27)20(21,22)23/h9-12,16H,13H2,1-8H3,(H,24,25). The van der Waals surface area contributed by atoms with E-state index in [1.807, 2.05) is 13.1 Å². The van der Waals surface area contributed by atoms with Crippen molar-refractivity contribution in [3.63, 3.8) is 0 Å². The van der Waals surface area contributed by atoms with Crippen molar-refractivity contribution in [1.82, 2.24) is 5.32 Å². The average Bonchev–Trinajstić information content (AvgIpc) is 2.55. The lowest BCUT2D eigenvalue weighted by Crippen LogP contribution is -2.44. The van der Waals surface area contributed by atoms with E-state index in [9.17, 15) is 26.4 Å². The van der Waals surface area contributed by atoms with E-state index < -0.39 is 47.4 Å². The van der Waals surface area contributed by atoms with Gasteiger partial charge in [-0.3, -0.25) is 0 Å². The summed E-state index contributed by atoms with van der Waals surface area (Å²) in [7, 11) is -7.96. The fourth-order valence-corrected chi connectivity index (χ4v) is 3.58. The Hall–Kier alpha value is -1.79. The van der Waals surface area contributed by atoms with Crippen molar-refractivity contribution in [2.45, 2.75) is 76.8 Å². The molecule has 1 unspecified atom stereocenters. The highest BCUT2D eigenvalue weighted by molar-refractivity contribution is 7.88. The summed E-state index contributed by atoms with van der Waals surface area (Å²) in [5.74, 6) is -0.507. The van der Waals surface area contributed by atoms with Crippen LogP contribution in [-0.2, 0) is 19.3 Å². The van der Waals surface area contributed by atoms with Gasteiger partial charge in [-0.1, -0.05) is 32.9 Å². The summed E-state index contributed by atoms with van der Waals surface area (Å²) in [6.45, 7) is 15.5. The monoisotopic (exact) mass is 499 g/mol. The van der Waals surface area contributed by atoms with E-state index in [1.165, 1.54) is 12.1 Å². The lowest BCUT2D eigenvalue weighted by Gasteiger charge is -2.37. The van der Waals surface area contributed by atoms with Gasteiger partial charge in [0.1, 0.15) is 11.4 Å². The first-order chi connectivity index (χ1) is 14.1. The quantitative estimate of drug-likeness (QED) is 0.303. The van der Waals surface area contributed by atoms with Crippen LogP contribution in [0.25, 0.3) is 0 Å². The third-order valence-corrected chi connectivity index (χ3v) is 10.4. The van der Waals surface area contributed by atoms with E-state index in [2.05, 4.69) is 30.3 Å². The number of carbonyl (C=O) groups is 1.